The molecule has 0 aromatic heterocycles. The van der Waals surface area contributed by atoms with Crippen molar-refractivity contribution in [2.24, 2.45) is 0 Å². The molecule has 0 saturated carbocycles. The average Bonchev–Trinajstić information content (AvgIpc) is 2.92. The lowest BCUT2D eigenvalue weighted by Crippen LogP contribution is -2.55. The molecular weight excluding hydrogens is 597 g/mol. The number of methoxy groups -OCH3 is 1. The summed E-state index contributed by atoms with van der Waals surface area (Å²) in [4.78, 5) is 29.0. The summed E-state index contributed by atoms with van der Waals surface area (Å²) in [5.41, 5.74) is 1.11. The third-order valence-corrected chi connectivity index (χ3v) is 9.02. The van der Waals surface area contributed by atoms with Gasteiger partial charge in [0.15, 0.2) is 0 Å². The van der Waals surface area contributed by atoms with Crippen LogP contribution in [-0.2, 0) is 26.2 Å². The van der Waals surface area contributed by atoms with Gasteiger partial charge in [-0.2, -0.15) is 0 Å². The monoisotopic (exact) mass is 633 g/mol. The quantitative estimate of drug-likeness (QED) is 0.270. The van der Waals surface area contributed by atoms with E-state index in [0.717, 1.165) is 9.87 Å². The van der Waals surface area contributed by atoms with Crippen molar-refractivity contribution in [1.29, 1.82) is 0 Å². The zero-order chi connectivity index (χ0) is 31.2. The summed E-state index contributed by atoms with van der Waals surface area (Å²) in [6, 6.07) is 16.8. The van der Waals surface area contributed by atoms with Crippen LogP contribution < -0.4 is 14.4 Å². The Morgan fingerprint density at radius 2 is 1.52 bits per heavy atom. The molecule has 0 aliphatic rings. The van der Waals surface area contributed by atoms with Crippen LogP contribution in [0, 0.1) is 6.92 Å². The Kier molecular flexibility index (Phi) is 10.9. The van der Waals surface area contributed by atoms with Gasteiger partial charge in [-0.05, 0) is 82.6 Å². The van der Waals surface area contributed by atoms with Crippen LogP contribution in [0.2, 0.25) is 10.0 Å². The second-order valence-electron chi connectivity index (χ2n) is 10.9. The third-order valence-electron chi connectivity index (χ3n) is 6.52. The SMILES string of the molecule is CC[C@H](C(=O)NC(C)(C)C)N(Cc1c(Cl)cccc1Cl)C(=O)CN(c1ccc(C)cc1)S(=O)(=O)c1ccc(OC)cc1. The predicted octanol–water partition coefficient (Wildman–Crippen LogP) is 6.23. The van der Waals surface area contributed by atoms with Crippen LogP contribution in [0.15, 0.2) is 71.6 Å². The Bertz CT molecular complexity index is 1480. The summed E-state index contributed by atoms with van der Waals surface area (Å²) in [5.74, 6) is -0.480. The predicted molar refractivity (Wildman–Crippen MR) is 168 cm³/mol. The summed E-state index contributed by atoms with van der Waals surface area (Å²) in [5, 5.41) is 3.59. The van der Waals surface area contributed by atoms with Crippen LogP contribution in [0.5, 0.6) is 5.75 Å². The molecule has 226 valence electrons. The van der Waals surface area contributed by atoms with Crippen LogP contribution in [0.4, 0.5) is 5.69 Å². The molecule has 0 radical (unpaired) electrons. The average molecular weight is 635 g/mol. The van der Waals surface area contributed by atoms with E-state index in [1.54, 1.807) is 49.4 Å². The van der Waals surface area contributed by atoms with Gasteiger partial charge in [-0.1, -0.05) is 53.9 Å². The molecule has 1 N–H and O–H groups in total. The Balaban J connectivity index is 2.11. The summed E-state index contributed by atoms with van der Waals surface area (Å²) >= 11 is 12.9. The van der Waals surface area contributed by atoms with Crippen molar-refractivity contribution in [3.8, 4) is 5.75 Å². The fraction of sp³-hybridized carbons (Fsp3) is 0.355. The number of sulfonamides is 1. The minimum absolute atomic E-state index is 0.0186. The molecule has 0 heterocycles. The summed E-state index contributed by atoms with van der Waals surface area (Å²) in [6.45, 7) is 8.52. The van der Waals surface area contributed by atoms with Crippen LogP contribution in [0.1, 0.15) is 45.2 Å². The van der Waals surface area contributed by atoms with E-state index < -0.39 is 34.1 Å². The maximum absolute atomic E-state index is 14.2. The van der Waals surface area contributed by atoms with Gasteiger partial charge < -0.3 is 15.0 Å². The molecule has 8 nitrogen and oxygen atoms in total. The molecule has 2 amide bonds. The van der Waals surface area contributed by atoms with Gasteiger partial charge in [-0.15, -0.1) is 0 Å². The van der Waals surface area contributed by atoms with Gasteiger partial charge in [0, 0.05) is 27.7 Å². The van der Waals surface area contributed by atoms with Gasteiger partial charge in [-0.3, -0.25) is 13.9 Å². The van der Waals surface area contributed by atoms with E-state index in [-0.39, 0.29) is 23.8 Å². The smallest absolute Gasteiger partial charge is 0.264 e. The van der Waals surface area contributed by atoms with Crippen molar-refractivity contribution in [2.45, 2.75) is 64.1 Å². The van der Waals surface area contributed by atoms with Gasteiger partial charge in [0.1, 0.15) is 18.3 Å². The molecule has 0 aliphatic carbocycles. The van der Waals surface area contributed by atoms with E-state index in [1.165, 1.54) is 36.3 Å². The molecule has 0 fully saturated rings. The number of rotatable bonds is 11. The number of halogens is 2. The standard InChI is InChI=1S/C31H37Cl2N3O5S/c1-7-28(30(38)34-31(3,4)5)35(19-25-26(32)9-8-10-27(25)33)29(37)20-36(22-13-11-21(2)12-14-22)42(39,40)24-17-15-23(41-6)16-18-24/h8-18,28H,7,19-20H2,1-6H3,(H,34,38)/t28-/m1/s1. The van der Waals surface area contributed by atoms with E-state index in [1.807, 2.05) is 27.7 Å². The van der Waals surface area contributed by atoms with Gasteiger partial charge in [0.25, 0.3) is 10.0 Å². The maximum atomic E-state index is 14.2. The van der Waals surface area contributed by atoms with Crippen LogP contribution in [0.3, 0.4) is 0 Å². The van der Waals surface area contributed by atoms with Crippen LogP contribution >= 0.6 is 23.2 Å². The summed E-state index contributed by atoms with van der Waals surface area (Å²) in [6.07, 6.45) is 0.269. The number of hydrogen-bond donors (Lipinski definition) is 1. The number of ether oxygens (including phenoxy) is 1. The van der Waals surface area contributed by atoms with Crippen molar-refractivity contribution in [2.75, 3.05) is 18.0 Å². The molecule has 3 rings (SSSR count). The maximum Gasteiger partial charge on any atom is 0.264 e. The molecule has 0 aliphatic heterocycles. The van der Waals surface area contributed by atoms with Gasteiger partial charge >= 0.3 is 0 Å². The zero-order valence-electron chi connectivity index (χ0n) is 24.6. The van der Waals surface area contributed by atoms with E-state index in [4.69, 9.17) is 27.9 Å². The summed E-state index contributed by atoms with van der Waals surface area (Å²) in [7, 11) is -2.73. The van der Waals surface area contributed by atoms with Crippen LogP contribution in [0.25, 0.3) is 0 Å². The fourth-order valence-corrected chi connectivity index (χ4v) is 6.27. The highest BCUT2D eigenvalue weighted by atomic mass is 35.5. The lowest BCUT2D eigenvalue weighted by atomic mass is 10.1. The van der Waals surface area contributed by atoms with Gasteiger partial charge in [0.2, 0.25) is 11.8 Å². The normalized spacial score (nSPS) is 12.4. The molecule has 11 heteroatoms. The van der Waals surface area contributed by atoms with Crippen molar-refractivity contribution in [3.63, 3.8) is 0 Å². The first kappa shape index (κ1) is 33.2. The fourth-order valence-electron chi connectivity index (χ4n) is 4.34. The number of nitrogens with one attached hydrogen (secondary N) is 1. The minimum Gasteiger partial charge on any atom is -0.497 e. The van der Waals surface area contributed by atoms with Gasteiger partial charge in [0.05, 0.1) is 17.7 Å². The van der Waals surface area contributed by atoms with E-state index in [2.05, 4.69) is 5.32 Å². The molecule has 0 bridgehead atoms. The topological polar surface area (TPSA) is 96.0 Å². The number of aryl methyl sites for hydroxylation is 1. The highest BCUT2D eigenvalue weighted by Gasteiger charge is 2.35. The molecule has 3 aromatic carbocycles. The number of benzene rings is 3. The molecule has 1 atom stereocenters. The highest BCUT2D eigenvalue weighted by molar-refractivity contribution is 7.92. The number of anilines is 1. The first-order valence-corrected chi connectivity index (χ1v) is 15.7. The van der Waals surface area contributed by atoms with Crippen molar-refractivity contribution < 1.29 is 22.7 Å². The second-order valence-corrected chi connectivity index (χ2v) is 13.6. The second kappa shape index (κ2) is 13.8. The van der Waals surface area contributed by atoms with Crippen molar-refractivity contribution >= 4 is 50.7 Å². The number of carbonyl (C=O) groups is 2. The molecule has 0 saturated heterocycles. The molecule has 42 heavy (non-hydrogen) atoms. The minimum atomic E-state index is -4.21. The van der Waals surface area contributed by atoms with Gasteiger partial charge in [-0.25, -0.2) is 8.42 Å². The first-order valence-electron chi connectivity index (χ1n) is 13.5. The highest BCUT2D eigenvalue weighted by Crippen LogP contribution is 2.29. The van der Waals surface area contributed by atoms with E-state index >= 15 is 0 Å². The largest absolute Gasteiger partial charge is 0.497 e. The molecule has 0 spiro atoms. The summed E-state index contributed by atoms with van der Waals surface area (Å²) < 4.78 is 34.2. The number of hydrogen-bond acceptors (Lipinski definition) is 5. The lowest BCUT2D eigenvalue weighted by molar-refractivity contribution is -0.141. The number of amides is 2. The zero-order valence-corrected chi connectivity index (χ0v) is 27.0. The molecule has 3 aromatic rings. The van der Waals surface area contributed by atoms with Crippen molar-refractivity contribution in [1.82, 2.24) is 10.2 Å². The molecular formula is C31H37Cl2N3O5S. The Hall–Kier alpha value is -3.27. The first-order chi connectivity index (χ1) is 19.7. The Morgan fingerprint density at radius 3 is 2.02 bits per heavy atom. The van der Waals surface area contributed by atoms with E-state index in [9.17, 15) is 18.0 Å². The number of carbonyl (C=O) groups excluding carboxylic acids is 2. The van der Waals surface area contributed by atoms with Crippen LogP contribution in [-0.4, -0.2) is 50.4 Å². The third kappa shape index (κ3) is 8.18. The lowest BCUT2D eigenvalue weighted by Gasteiger charge is -2.35. The Labute approximate surface area is 258 Å². The van der Waals surface area contributed by atoms with E-state index in [0.29, 0.717) is 27.0 Å². The number of nitrogens with zero attached hydrogens (tertiary/aromatic N) is 2. The van der Waals surface area contributed by atoms with Crippen molar-refractivity contribution in [3.05, 3.63) is 87.9 Å². The Morgan fingerprint density at radius 1 is 0.952 bits per heavy atom. The molecule has 0 unspecified atom stereocenters.